The van der Waals surface area contributed by atoms with Crippen LogP contribution in [-0.4, -0.2) is 44.6 Å². The summed E-state index contributed by atoms with van der Waals surface area (Å²) in [5.74, 6) is -0.392. The molecule has 3 N–H and O–H groups in total. The summed E-state index contributed by atoms with van der Waals surface area (Å²) in [6.45, 7) is 2.82. The summed E-state index contributed by atoms with van der Waals surface area (Å²) in [6.07, 6.45) is 5.89. The highest BCUT2D eigenvalue weighted by molar-refractivity contribution is 5.95. The van der Waals surface area contributed by atoms with Crippen molar-refractivity contribution in [2.24, 2.45) is 18.7 Å². The van der Waals surface area contributed by atoms with E-state index in [4.69, 9.17) is 5.73 Å². The normalized spacial score (nSPS) is 23.2. The summed E-state index contributed by atoms with van der Waals surface area (Å²) < 4.78 is 1.79. The minimum Gasteiger partial charge on any atom is -0.369 e. The van der Waals surface area contributed by atoms with E-state index >= 15 is 0 Å². The second-order valence-electron chi connectivity index (χ2n) is 7.22. The summed E-state index contributed by atoms with van der Waals surface area (Å²) in [7, 11) is 1.87. The Morgan fingerprint density at radius 3 is 2.64 bits per heavy atom. The van der Waals surface area contributed by atoms with Crippen LogP contribution in [0.5, 0.6) is 0 Å². The molecule has 2 amide bonds. The molecular weight excluding hydrogens is 318 g/mol. The molecule has 2 aromatic heterocycles. The molecule has 0 radical (unpaired) electrons. The van der Waals surface area contributed by atoms with Crippen molar-refractivity contribution >= 4 is 11.8 Å². The fourth-order valence-corrected chi connectivity index (χ4v) is 3.91. The van der Waals surface area contributed by atoms with Crippen molar-refractivity contribution in [3.05, 3.63) is 41.0 Å². The number of nitrogens with zero attached hydrogens (tertiary/aromatic N) is 3. The molecule has 7 heteroatoms. The molecule has 0 unspecified atom stereocenters. The van der Waals surface area contributed by atoms with Gasteiger partial charge in [0.2, 0.25) is 5.91 Å². The van der Waals surface area contributed by atoms with Crippen molar-refractivity contribution in [3.63, 3.8) is 0 Å². The molecule has 4 rings (SSSR count). The number of aromatic amines is 1. The van der Waals surface area contributed by atoms with Gasteiger partial charge in [0.25, 0.3) is 5.91 Å². The smallest absolute Gasteiger partial charge is 0.270 e. The SMILES string of the molecule is Cc1c([C@H]2CN(C(=O)c3[nH]ccc3C3CC3)C[C@@H]2C(N)=O)cnn1C. The van der Waals surface area contributed by atoms with Crippen LogP contribution in [0.1, 0.15) is 52.0 Å². The highest BCUT2D eigenvalue weighted by Gasteiger charge is 2.42. The molecule has 25 heavy (non-hydrogen) atoms. The van der Waals surface area contributed by atoms with E-state index in [0.717, 1.165) is 29.7 Å². The van der Waals surface area contributed by atoms with Gasteiger partial charge in [-0.3, -0.25) is 14.3 Å². The van der Waals surface area contributed by atoms with E-state index < -0.39 is 0 Å². The monoisotopic (exact) mass is 341 g/mol. The number of amides is 2. The largest absolute Gasteiger partial charge is 0.369 e. The molecule has 2 aliphatic rings. The van der Waals surface area contributed by atoms with Crippen LogP contribution < -0.4 is 5.73 Å². The van der Waals surface area contributed by atoms with Crippen LogP contribution in [0.15, 0.2) is 18.5 Å². The third-order valence-corrected chi connectivity index (χ3v) is 5.66. The first kappa shape index (κ1) is 15.9. The molecule has 1 aliphatic heterocycles. The Balaban J connectivity index is 1.61. The zero-order chi connectivity index (χ0) is 17.7. The van der Waals surface area contributed by atoms with Gasteiger partial charge in [0, 0.05) is 37.9 Å². The molecule has 1 saturated carbocycles. The van der Waals surface area contributed by atoms with E-state index in [-0.39, 0.29) is 23.7 Å². The lowest BCUT2D eigenvalue weighted by molar-refractivity contribution is -0.121. The van der Waals surface area contributed by atoms with Crippen LogP contribution in [0.2, 0.25) is 0 Å². The first-order valence-corrected chi connectivity index (χ1v) is 8.71. The van der Waals surface area contributed by atoms with Gasteiger partial charge >= 0.3 is 0 Å². The van der Waals surface area contributed by atoms with Crippen molar-refractivity contribution in [2.75, 3.05) is 13.1 Å². The Kier molecular flexibility index (Phi) is 3.67. The number of primary amides is 1. The molecule has 3 heterocycles. The van der Waals surface area contributed by atoms with E-state index in [2.05, 4.69) is 10.1 Å². The van der Waals surface area contributed by atoms with E-state index in [1.807, 2.05) is 26.2 Å². The summed E-state index contributed by atoms with van der Waals surface area (Å²) in [5.41, 5.74) is 9.40. The first-order chi connectivity index (χ1) is 12.0. The third-order valence-electron chi connectivity index (χ3n) is 5.66. The summed E-state index contributed by atoms with van der Waals surface area (Å²) in [6, 6.07) is 2.00. The predicted molar refractivity (Wildman–Crippen MR) is 92.0 cm³/mol. The van der Waals surface area contributed by atoms with Crippen LogP contribution >= 0.6 is 0 Å². The number of hydrogen-bond donors (Lipinski definition) is 2. The quantitative estimate of drug-likeness (QED) is 0.876. The van der Waals surface area contributed by atoms with Gasteiger partial charge in [0.15, 0.2) is 0 Å². The number of nitrogens with two attached hydrogens (primary N) is 1. The van der Waals surface area contributed by atoms with Crippen molar-refractivity contribution in [1.29, 1.82) is 0 Å². The zero-order valence-corrected chi connectivity index (χ0v) is 14.5. The second-order valence-corrected chi connectivity index (χ2v) is 7.22. The van der Waals surface area contributed by atoms with Crippen molar-refractivity contribution in [2.45, 2.75) is 31.6 Å². The van der Waals surface area contributed by atoms with Gasteiger partial charge in [0.1, 0.15) is 5.69 Å². The number of hydrogen-bond acceptors (Lipinski definition) is 3. The number of aryl methyl sites for hydroxylation is 1. The summed E-state index contributed by atoms with van der Waals surface area (Å²) >= 11 is 0. The molecule has 0 bridgehead atoms. The molecule has 0 aromatic carbocycles. The van der Waals surface area contributed by atoms with Crippen LogP contribution in [0.25, 0.3) is 0 Å². The number of likely N-dealkylation sites (tertiary alicyclic amines) is 1. The second kappa shape index (κ2) is 5.75. The molecule has 2 fully saturated rings. The third kappa shape index (κ3) is 2.63. The number of aromatic nitrogens is 3. The highest BCUT2D eigenvalue weighted by Crippen LogP contribution is 2.42. The van der Waals surface area contributed by atoms with E-state index in [9.17, 15) is 9.59 Å². The lowest BCUT2D eigenvalue weighted by Crippen LogP contribution is -2.32. The molecule has 7 nitrogen and oxygen atoms in total. The molecule has 1 aliphatic carbocycles. The van der Waals surface area contributed by atoms with Crippen LogP contribution in [-0.2, 0) is 11.8 Å². The minimum atomic E-state index is -0.383. The maximum Gasteiger partial charge on any atom is 0.270 e. The average Bonchev–Trinajstić information content (AvgIpc) is 3.02. The van der Waals surface area contributed by atoms with E-state index in [1.165, 1.54) is 0 Å². The first-order valence-electron chi connectivity index (χ1n) is 8.71. The number of H-pyrrole nitrogens is 1. The molecule has 0 spiro atoms. The number of carbonyl (C=O) groups is 2. The lowest BCUT2D eigenvalue weighted by Gasteiger charge is -2.16. The number of carbonyl (C=O) groups excluding carboxylic acids is 2. The number of rotatable bonds is 4. The highest BCUT2D eigenvalue weighted by atomic mass is 16.2. The van der Waals surface area contributed by atoms with Crippen LogP contribution in [0.3, 0.4) is 0 Å². The topological polar surface area (TPSA) is 97.0 Å². The fraction of sp³-hybridized carbons (Fsp3) is 0.500. The van der Waals surface area contributed by atoms with Gasteiger partial charge in [0.05, 0.1) is 12.1 Å². The van der Waals surface area contributed by atoms with Crippen molar-refractivity contribution in [3.8, 4) is 0 Å². The maximum atomic E-state index is 13.0. The van der Waals surface area contributed by atoms with Gasteiger partial charge in [-0.15, -0.1) is 0 Å². The van der Waals surface area contributed by atoms with Crippen molar-refractivity contribution < 1.29 is 9.59 Å². The van der Waals surface area contributed by atoms with Gasteiger partial charge in [-0.1, -0.05) is 0 Å². The maximum absolute atomic E-state index is 13.0. The Labute approximate surface area is 146 Å². The summed E-state index contributed by atoms with van der Waals surface area (Å²) in [4.78, 5) is 29.9. The average molecular weight is 341 g/mol. The van der Waals surface area contributed by atoms with Crippen LogP contribution in [0.4, 0.5) is 0 Å². The van der Waals surface area contributed by atoms with Gasteiger partial charge in [-0.2, -0.15) is 5.10 Å². The fourth-order valence-electron chi connectivity index (χ4n) is 3.91. The van der Waals surface area contributed by atoms with Gasteiger partial charge < -0.3 is 15.6 Å². The zero-order valence-electron chi connectivity index (χ0n) is 14.5. The Hall–Kier alpha value is -2.57. The molecule has 132 valence electrons. The standard InChI is InChI=1S/C18H23N5O2/c1-10-13(7-21-22(10)2)14-8-23(9-15(14)17(19)24)18(25)16-12(5-6-20-16)11-3-4-11/h5-7,11,14-15,20H,3-4,8-9H2,1-2H3,(H2,19,24)/t14-,15+/m1/s1. The Morgan fingerprint density at radius 2 is 2.04 bits per heavy atom. The van der Waals surface area contributed by atoms with Crippen molar-refractivity contribution in [1.82, 2.24) is 19.7 Å². The summed E-state index contributed by atoms with van der Waals surface area (Å²) in [5, 5.41) is 4.27. The Morgan fingerprint density at radius 1 is 1.28 bits per heavy atom. The Bertz CT molecular complexity index is 832. The van der Waals surface area contributed by atoms with Gasteiger partial charge in [-0.25, -0.2) is 0 Å². The van der Waals surface area contributed by atoms with E-state index in [1.54, 1.807) is 15.8 Å². The molecule has 2 atom stereocenters. The van der Waals surface area contributed by atoms with Gasteiger partial charge in [-0.05, 0) is 42.9 Å². The minimum absolute atomic E-state index is 0.0396. The van der Waals surface area contributed by atoms with Crippen LogP contribution in [0, 0.1) is 12.8 Å². The molecule has 1 saturated heterocycles. The molecular formula is C18H23N5O2. The lowest BCUT2D eigenvalue weighted by atomic mass is 9.89. The predicted octanol–water partition coefficient (Wildman–Crippen LogP) is 1.28. The number of nitrogens with one attached hydrogen (secondary N) is 1. The molecule has 2 aromatic rings. The van der Waals surface area contributed by atoms with E-state index in [0.29, 0.717) is 24.7 Å².